The Morgan fingerprint density at radius 3 is 2.91 bits per heavy atom. The smallest absolute Gasteiger partial charge is 0.0636 e. The Bertz CT molecular complexity index is 177. The Balaban J connectivity index is 2.53. The fourth-order valence-electron chi connectivity index (χ4n) is 1.53. The monoisotopic (exact) mass is 155 g/mol. The number of azide groups is 1. The van der Waals surface area contributed by atoms with Gasteiger partial charge >= 0.3 is 0 Å². The number of aliphatic hydroxyl groups excluding tert-OH is 1. The van der Waals surface area contributed by atoms with Gasteiger partial charge in [0.2, 0.25) is 0 Å². The summed E-state index contributed by atoms with van der Waals surface area (Å²) >= 11 is 0. The molecule has 4 nitrogen and oxygen atoms in total. The maximum absolute atomic E-state index is 9.35. The summed E-state index contributed by atoms with van der Waals surface area (Å²) in [5.41, 5.74) is 8.17. The summed E-state index contributed by atoms with van der Waals surface area (Å²) in [6.07, 6.45) is 2.22. The van der Waals surface area contributed by atoms with E-state index in [1.807, 2.05) is 0 Å². The van der Waals surface area contributed by atoms with E-state index in [9.17, 15) is 5.11 Å². The fourth-order valence-corrected chi connectivity index (χ4v) is 1.53. The molecule has 0 spiro atoms. The quantitative estimate of drug-likeness (QED) is 0.350. The molecule has 0 aromatic heterocycles. The van der Waals surface area contributed by atoms with Crippen LogP contribution in [0.15, 0.2) is 5.11 Å². The summed E-state index contributed by atoms with van der Waals surface area (Å²) in [7, 11) is 0. The Kier molecular flexibility index (Phi) is 2.74. The highest BCUT2D eigenvalue weighted by molar-refractivity contribution is 4.83. The van der Waals surface area contributed by atoms with E-state index < -0.39 is 6.10 Å². The van der Waals surface area contributed by atoms with E-state index in [4.69, 9.17) is 5.53 Å². The zero-order valence-corrected chi connectivity index (χ0v) is 6.64. The summed E-state index contributed by atoms with van der Waals surface area (Å²) in [6.45, 7) is 2.12. The molecule has 1 aliphatic rings. The van der Waals surface area contributed by atoms with Gasteiger partial charge in [-0.15, -0.1) is 0 Å². The zero-order valence-electron chi connectivity index (χ0n) is 6.64. The minimum atomic E-state index is -0.415. The van der Waals surface area contributed by atoms with Gasteiger partial charge in [-0.25, -0.2) is 0 Å². The first-order chi connectivity index (χ1) is 5.24. The van der Waals surface area contributed by atoms with Crippen molar-refractivity contribution in [2.75, 3.05) is 0 Å². The van der Waals surface area contributed by atoms with Crippen molar-refractivity contribution < 1.29 is 5.11 Å². The number of aliphatic hydroxyl groups is 1. The first-order valence-electron chi connectivity index (χ1n) is 3.96. The standard InChI is InChI=1S/C7H13N3O/c1-5-2-3-7(11)6(4-5)9-10-8/h5-7,11H,2-4H2,1H3/t5-,6-,7+/m1/s1. The van der Waals surface area contributed by atoms with E-state index in [-0.39, 0.29) is 6.04 Å². The van der Waals surface area contributed by atoms with E-state index in [1.165, 1.54) is 0 Å². The van der Waals surface area contributed by atoms with Gasteiger partial charge in [-0.3, -0.25) is 0 Å². The second-order valence-electron chi connectivity index (χ2n) is 3.26. The fraction of sp³-hybridized carbons (Fsp3) is 1.00. The van der Waals surface area contributed by atoms with E-state index in [0.717, 1.165) is 19.3 Å². The number of rotatable bonds is 1. The lowest BCUT2D eigenvalue weighted by Gasteiger charge is -2.27. The maximum atomic E-state index is 9.35. The molecule has 0 saturated heterocycles. The highest BCUT2D eigenvalue weighted by Gasteiger charge is 2.25. The van der Waals surface area contributed by atoms with Crippen molar-refractivity contribution in [2.24, 2.45) is 11.0 Å². The van der Waals surface area contributed by atoms with Crippen LogP contribution in [0.25, 0.3) is 10.4 Å². The van der Waals surface area contributed by atoms with Crippen LogP contribution in [-0.4, -0.2) is 17.3 Å². The summed E-state index contributed by atoms with van der Waals surface area (Å²) in [6, 6.07) is -0.191. The lowest BCUT2D eigenvalue weighted by molar-refractivity contribution is 0.0907. The summed E-state index contributed by atoms with van der Waals surface area (Å²) in [5.74, 6) is 0.578. The van der Waals surface area contributed by atoms with Gasteiger partial charge in [-0.2, -0.15) is 0 Å². The molecule has 0 aliphatic heterocycles. The predicted molar refractivity (Wildman–Crippen MR) is 42.0 cm³/mol. The molecule has 0 aromatic carbocycles. The first-order valence-corrected chi connectivity index (χ1v) is 3.96. The highest BCUT2D eigenvalue weighted by atomic mass is 16.3. The van der Waals surface area contributed by atoms with Crippen LogP contribution in [0, 0.1) is 5.92 Å². The third-order valence-electron chi connectivity index (χ3n) is 2.24. The van der Waals surface area contributed by atoms with Crippen molar-refractivity contribution >= 4 is 0 Å². The van der Waals surface area contributed by atoms with Gasteiger partial charge in [0.05, 0.1) is 12.1 Å². The second kappa shape index (κ2) is 3.60. The minimum Gasteiger partial charge on any atom is -0.393 e. The van der Waals surface area contributed by atoms with Crippen LogP contribution >= 0.6 is 0 Å². The van der Waals surface area contributed by atoms with Crippen LogP contribution in [-0.2, 0) is 0 Å². The van der Waals surface area contributed by atoms with Crippen LogP contribution in [0.5, 0.6) is 0 Å². The number of hydrogen-bond acceptors (Lipinski definition) is 2. The lowest BCUT2D eigenvalue weighted by atomic mass is 9.85. The molecule has 1 saturated carbocycles. The second-order valence-corrected chi connectivity index (χ2v) is 3.26. The predicted octanol–water partition coefficient (Wildman–Crippen LogP) is 1.85. The lowest BCUT2D eigenvalue weighted by Crippen LogP contribution is -2.30. The molecule has 11 heavy (non-hydrogen) atoms. The van der Waals surface area contributed by atoms with E-state index in [1.54, 1.807) is 0 Å². The average Bonchev–Trinajstić information content (AvgIpc) is 1.98. The minimum absolute atomic E-state index is 0.191. The average molecular weight is 155 g/mol. The van der Waals surface area contributed by atoms with E-state index in [0.29, 0.717) is 5.92 Å². The van der Waals surface area contributed by atoms with Gasteiger partial charge < -0.3 is 5.11 Å². The van der Waals surface area contributed by atoms with Crippen LogP contribution in [0.2, 0.25) is 0 Å². The van der Waals surface area contributed by atoms with Gasteiger partial charge in [-0.1, -0.05) is 12.0 Å². The van der Waals surface area contributed by atoms with Crippen molar-refractivity contribution in [3.05, 3.63) is 10.4 Å². The number of hydrogen-bond donors (Lipinski definition) is 1. The highest BCUT2D eigenvalue weighted by Crippen LogP contribution is 2.26. The molecule has 4 heteroatoms. The van der Waals surface area contributed by atoms with Crippen molar-refractivity contribution in [3.63, 3.8) is 0 Å². The van der Waals surface area contributed by atoms with E-state index in [2.05, 4.69) is 16.9 Å². The van der Waals surface area contributed by atoms with Gasteiger partial charge in [0, 0.05) is 4.91 Å². The SMILES string of the molecule is C[C@@H]1CC[C@H](O)[C@H](N=[N+]=[N-])C1. The molecule has 0 unspecified atom stereocenters. The van der Waals surface area contributed by atoms with E-state index >= 15 is 0 Å². The molecule has 62 valence electrons. The maximum Gasteiger partial charge on any atom is 0.0636 e. The molecule has 1 rings (SSSR count). The Morgan fingerprint density at radius 2 is 2.27 bits per heavy atom. The van der Waals surface area contributed by atoms with Crippen molar-refractivity contribution in [2.45, 2.75) is 38.3 Å². The summed E-state index contributed by atoms with van der Waals surface area (Å²) in [4.78, 5) is 2.71. The third-order valence-corrected chi connectivity index (χ3v) is 2.24. The van der Waals surface area contributed by atoms with Crippen molar-refractivity contribution in [1.82, 2.24) is 0 Å². The summed E-state index contributed by atoms with van der Waals surface area (Å²) < 4.78 is 0. The summed E-state index contributed by atoms with van der Waals surface area (Å²) in [5, 5.41) is 12.9. The molecule has 3 atom stereocenters. The van der Waals surface area contributed by atoms with Crippen LogP contribution in [0.3, 0.4) is 0 Å². The molecule has 0 radical (unpaired) electrons. The van der Waals surface area contributed by atoms with Gasteiger partial charge in [0.15, 0.2) is 0 Å². The third kappa shape index (κ3) is 2.10. The van der Waals surface area contributed by atoms with Crippen LogP contribution in [0.4, 0.5) is 0 Å². The van der Waals surface area contributed by atoms with Gasteiger partial charge in [0.1, 0.15) is 0 Å². The Morgan fingerprint density at radius 1 is 1.55 bits per heavy atom. The molecule has 0 heterocycles. The van der Waals surface area contributed by atoms with Crippen LogP contribution in [0.1, 0.15) is 26.2 Å². The normalized spacial score (nSPS) is 37.8. The molecule has 0 aromatic rings. The molecule has 1 fully saturated rings. The topological polar surface area (TPSA) is 69.0 Å². The molecule has 1 N–H and O–H groups in total. The molecule has 0 bridgehead atoms. The molecule has 1 aliphatic carbocycles. The number of nitrogens with zero attached hydrogens (tertiary/aromatic N) is 3. The Labute approximate surface area is 65.9 Å². The Hall–Kier alpha value is -0.730. The largest absolute Gasteiger partial charge is 0.393 e. The zero-order chi connectivity index (χ0) is 8.27. The molecule has 0 amide bonds. The van der Waals surface area contributed by atoms with Gasteiger partial charge in [-0.05, 0) is 30.7 Å². The van der Waals surface area contributed by atoms with Gasteiger partial charge in [0.25, 0.3) is 0 Å². The molecular formula is C7H13N3O. The van der Waals surface area contributed by atoms with Crippen LogP contribution < -0.4 is 0 Å². The molecular weight excluding hydrogens is 142 g/mol. The van der Waals surface area contributed by atoms with Crippen molar-refractivity contribution in [3.8, 4) is 0 Å². The van der Waals surface area contributed by atoms with Crippen molar-refractivity contribution in [1.29, 1.82) is 0 Å². The first kappa shape index (κ1) is 8.37.